The molecule has 132 valence electrons. The van der Waals surface area contributed by atoms with E-state index >= 15 is 0 Å². The van der Waals surface area contributed by atoms with E-state index in [4.69, 9.17) is 4.52 Å². The zero-order chi connectivity index (χ0) is 18.3. The third kappa shape index (κ3) is 3.01. The Hall–Kier alpha value is -2.95. The van der Waals surface area contributed by atoms with Gasteiger partial charge in [0.05, 0.1) is 0 Å². The molecule has 5 nitrogen and oxygen atoms in total. The molecular formula is C21H21N3O2. The van der Waals surface area contributed by atoms with Gasteiger partial charge in [0.2, 0.25) is 5.91 Å². The average Bonchev–Trinajstić information content (AvgIpc) is 3.24. The number of anilines is 1. The largest absolute Gasteiger partial charge is 0.334 e. The monoisotopic (exact) mass is 347 g/mol. The van der Waals surface area contributed by atoms with Gasteiger partial charge in [-0.15, -0.1) is 0 Å². The van der Waals surface area contributed by atoms with Crippen molar-refractivity contribution in [1.29, 1.82) is 0 Å². The fourth-order valence-corrected chi connectivity index (χ4v) is 3.32. The van der Waals surface area contributed by atoms with Crippen LogP contribution in [0.3, 0.4) is 0 Å². The molecule has 1 fully saturated rings. The first-order chi connectivity index (χ1) is 12.5. The quantitative estimate of drug-likeness (QED) is 0.713. The number of benzene rings is 2. The minimum Gasteiger partial charge on any atom is -0.334 e. The normalized spacial score (nSPS) is 17.1. The molecule has 1 amide bonds. The highest BCUT2D eigenvalue weighted by atomic mass is 16.5. The first kappa shape index (κ1) is 16.5. The molecule has 4 rings (SSSR count). The summed E-state index contributed by atoms with van der Waals surface area (Å²) in [6, 6.07) is 14.1. The van der Waals surface area contributed by atoms with Gasteiger partial charge in [-0.1, -0.05) is 28.9 Å². The molecule has 1 atom stereocenters. The Morgan fingerprint density at radius 2 is 1.92 bits per heavy atom. The molecule has 26 heavy (non-hydrogen) atoms. The number of amides is 1. The standard InChI is InChI=1S/C21H21N3O2/c1-13-5-4-6-16(9-13)21-22-20(23-26-21)17-11-19(25)24(12-17)18-8-7-14(2)15(3)10-18/h4-10,17H,11-12H2,1-3H3. The maximum atomic E-state index is 12.5. The molecular weight excluding hydrogens is 326 g/mol. The van der Waals surface area contributed by atoms with Crippen molar-refractivity contribution in [2.75, 3.05) is 11.4 Å². The van der Waals surface area contributed by atoms with E-state index in [0.29, 0.717) is 24.7 Å². The van der Waals surface area contributed by atoms with E-state index in [1.54, 1.807) is 0 Å². The van der Waals surface area contributed by atoms with Crippen molar-refractivity contribution in [3.8, 4) is 11.5 Å². The Kier molecular flexibility index (Phi) is 4.07. The zero-order valence-electron chi connectivity index (χ0n) is 15.2. The second kappa shape index (κ2) is 6.41. The molecule has 5 heteroatoms. The molecule has 1 unspecified atom stereocenters. The van der Waals surface area contributed by atoms with Crippen LogP contribution in [0.1, 0.15) is 34.9 Å². The van der Waals surface area contributed by atoms with Gasteiger partial charge in [0.15, 0.2) is 5.82 Å². The highest BCUT2D eigenvalue weighted by Gasteiger charge is 2.34. The van der Waals surface area contributed by atoms with Crippen LogP contribution in [0.2, 0.25) is 0 Å². The third-order valence-electron chi connectivity index (χ3n) is 5.00. The maximum absolute atomic E-state index is 12.5. The first-order valence-electron chi connectivity index (χ1n) is 8.79. The highest BCUT2D eigenvalue weighted by molar-refractivity contribution is 5.96. The van der Waals surface area contributed by atoms with E-state index in [0.717, 1.165) is 16.8 Å². The minimum atomic E-state index is -0.0496. The third-order valence-corrected chi connectivity index (χ3v) is 5.00. The molecule has 0 bridgehead atoms. The number of hydrogen-bond acceptors (Lipinski definition) is 4. The number of rotatable bonds is 3. The van der Waals surface area contributed by atoms with Crippen LogP contribution >= 0.6 is 0 Å². The van der Waals surface area contributed by atoms with Crippen LogP contribution in [0.25, 0.3) is 11.5 Å². The van der Waals surface area contributed by atoms with Crippen molar-refractivity contribution >= 4 is 11.6 Å². The van der Waals surface area contributed by atoms with Gasteiger partial charge in [-0.2, -0.15) is 4.98 Å². The topological polar surface area (TPSA) is 59.2 Å². The summed E-state index contributed by atoms with van der Waals surface area (Å²) in [6.45, 7) is 6.73. The SMILES string of the molecule is Cc1cccc(-c2nc(C3CC(=O)N(c4ccc(C)c(C)c4)C3)no2)c1. The Morgan fingerprint density at radius 3 is 2.69 bits per heavy atom. The molecule has 2 heterocycles. The van der Waals surface area contributed by atoms with E-state index in [1.165, 1.54) is 11.1 Å². The summed E-state index contributed by atoms with van der Waals surface area (Å²) in [7, 11) is 0. The van der Waals surface area contributed by atoms with Crippen LogP contribution in [0.4, 0.5) is 5.69 Å². The van der Waals surface area contributed by atoms with Crippen LogP contribution in [-0.2, 0) is 4.79 Å². The highest BCUT2D eigenvalue weighted by Crippen LogP contribution is 2.32. The fourth-order valence-electron chi connectivity index (χ4n) is 3.32. The smallest absolute Gasteiger partial charge is 0.257 e. The second-order valence-corrected chi connectivity index (χ2v) is 7.00. The summed E-state index contributed by atoms with van der Waals surface area (Å²) >= 11 is 0. The summed E-state index contributed by atoms with van der Waals surface area (Å²) in [5.41, 5.74) is 5.37. The van der Waals surface area contributed by atoms with E-state index in [-0.39, 0.29) is 11.8 Å². The van der Waals surface area contributed by atoms with Crippen molar-refractivity contribution < 1.29 is 9.32 Å². The van der Waals surface area contributed by atoms with Crippen molar-refractivity contribution in [2.45, 2.75) is 33.1 Å². The Bertz CT molecular complexity index is 977. The Labute approximate surface area is 152 Å². The van der Waals surface area contributed by atoms with Crippen LogP contribution in [0.15, 0.2) is 47.0 Å². The Morgan fingerprint density at radius 1 is 1.08 bits per heavy atom. The first-order valence-corrected chi connectivity index (χ1v) is 8.79. The van der Waals surface area contributed by atoms with Gasteiger partial charge in [-0.3, -0.25) is 4.79 Å². The second-order valence-electron chi connectivity index (χ2n) is 7.00. The molecule has 3 aromatic rings. The minimum absolute atomic E-state index is 0.0496. The van der Waals surface area contributed by atoms with Gasteiger partial charge >= 0.3 is 0 Å². The van der Waals surface area contributed by atoms with Gasteiger partial charge in [-0.05, 0) is 56.2 Å². The lowest BCUT2D eigenvalue weighted by molar-refractivity contribution is -0.117. The summed E-state index contributed by atoms with van der Waals surface area (Å²) in [4.78, 5) is 18.9. The van der Waals surface area contributed by atoms with E-state index in [1.807, 2.05) is 42.2 Å². The molecule has 1 saturated heterocycles. The van der Waals surface area contributed by atoms with Crippen LogP contribution < -0.4 is 4.90 Å². The molecule has 1 aromatic heterocycles. The maximum Gasteiger partial charge on any atom is 0.257 e. The summed E-state index contributed by atoms with van der Waals surface area (Å²) in [5.74, 6) is 1.15. The molecule has 0 saturated carbocycles. The molecule has 2 aromatic carbocycles. The fraction of sp³-hybridized carbons (Fsp3) is 0.286. The van der Waals surface area contributed by atoms with Gasteiger partial charge < -0.3 is 9.42 Å². The lowest BCUT2D eigenvalue weighted by Crippen LogP contribution is -2.24. The summed E-state index contributed by atoms with van der Waals surface area (Å²) in [6.07, 6.45) is 0.402. The van der Waals surface area contributed by atoms with Gasteiger partial charge in [0, 0.05) is 30.1 Å². The van der Waals surface area contributed by atoms with E-state index in [2.05, 4.69) is 36.1 Å². The van der Waals surface area contributed by atoms with Crippen molar-refractivity contribution in [1.82, 2.24) is 10.1 Å². The number of hydrogen-bond donors (Lipinski definition) is 0. The molecule has 0 aliphatic carbocycles. The number of carbonyl (C=O) groups is 1. The van der Waals surface area contributed by atoms with E-state index in [9.17, 15) is 4.79 Å². The molecule has 0 radical (unpaired) electrons. The average molecular weight is 347 g/mol. The van der Waals surface area contributed by atoms with Gasteiger partial charge in [0.1, 0.15) is 0 Å². The summed E-state index contributed by atoms with van der Waals surface area (Å²) in [5, 5.41) is 4.13. The molecule has 0 N–H and O–H groups in total. The van der Waals surface area contributed by atoms with Gasteiger partial charge in [-0.25, -0.2) is 0 Å². The van der Waals surface area contributed by atoms with Crippen LogP contribution in [0, 0.1) is 20.8 Å². The number of nitrogens with zero attached hydrogens (tertiary/aromatic N) is 3. The predicted molar refractivity (Wildman–Crippen MR) is 100 cm³/mol. The van der Waals surface area contributed by atoms with Gasteiger partial charge in [0.25, 0.3) is 5.89 Å². The van der Waals surface area contributed by atoms with Crippen LogP contribution in [0.5, 0.6) is 0 Å². The number of aryl methyl sites for hydroxylation is 3. The van der Waals surface area contributed by atoms with Crippen LogP contribution in [-0.4, -0.2) is 22.6 Å². The molecule has 1 aliphatic heterocycles. The number of carbonyl (C=O) groups excluding carboxylic acids is 1. The van der Waals surface area contributed by atoms with Crippen molar-refractivity contribution in [2.24, 2.45) is 0 Å². The lowest BCUT2D eigenvalue weighted by Gasteiger charge is -2.17. The van der Waals surface area contributed by atoms with E-state index < -0.39 is 0 Å². The Balaban J connectivity index is 1.56. The van der Waals surface area contributed by atoms with Crippen molar-refractivity contribution in [3.63, 3.8) is 0 Å². The molecule has 0 spiro atoms. The number of aromatic nitrogens is 2. The predicted octanol–water partition coefficient (Wildman–Crippen LogP) is 4.18. The van der Waals surface area contributed by atoms with Crippen molar-refractivity contribution in [3.05, 3.63) is 65.0 Å². The molecule has 1 aliphatic rings. The lowest BCUT2D eigenvalue weighted by atomic mass is 10.1. The zero-order valence-corrected chi connectivity index (χ0v) is 15.2. The summed E-state index contributed by atoms with van der Waals surface area (Å²) < 4.78 is 5.44.